The molecule has 2 aromatic heterocycles. The third-order valence-corrected chi connectivity index (χ3v) is 5.66. The van der Waals surface area contributed by atoms with Crippen molar-refractivity contribution >= 4 is 50.0 Å². The van der Waals surface area contributed by atoms with E-state index in [4.69, 9.17) is 15.0 Å². The number of benzene rings is 2. The highest BCUT2D eigenvalue weighted by atomic mass is 32.2. The van der Waals surface area contributed by atoms with Gasteiger partial charge in [0.05, 0.1) is 28.5 Å². The van der Waals surface area contributed by atoms with Gasteiger partial charge in [-0.25, -0.2) is 27.7 Å². The summed E-state index contributed by atoms with van der Waals surface area (Å²) in [7, 11) is -3.79. The van der Waals surface area contributed by atoms with Gasteiger partial charge in [-0.1, -0.05) is 6.07 Å². The predicted molar refractivity (Wildman–Crippen MR) is 126 cm³/mol. The molecule has 196 valence electrons. The number of halogens is 4. The molecule has 0 aliphatic heterocycles. The number of nitrogens with two attached hydrogens (primary N) is 1. The fourth-order valence-corrected chi connectivity index (χ4v) is 3.60. The van der Waals surface area contributed by atoms with Crippen molar-refractivity contribution in [3.63, 3.8) is 0 Å². The number of aliphatic carboxylic acids is 1. The topological polar surface area (TPSA) is 167 Å². The van der Waals surface area contributed by atoms with Gasteiger partial charge in [0.1, 0.15) is 0 Å². The molecule has 16 heteroatoms. The Morgan fingerprint density at radius 3 is 2.38 bits per heavy atom. The number of H-pyrrole nitrogens is 1. The van der Waals surface area contributed by atoms with E-state index in [0.29, 0.717) is 12.2 Å². The Bertz CT molecular complexity index is 1510. The second-order valence-electron chi connectivity index (χ2n) is 7.22. The Kier molecular flexibility index (Phi) is 7.93. The highest BCUT2D eigenvalue weighted by Gasteiger charge is 2.38. The SMILES string of the molecule is CCN(c1nc(Nc2ccc(S(N)(=O)=O)cc2)ncc1F)c1cccc2[nH]ncc12.O=C(O)C(F)(F)F. The molecule has 0 saturated carbocycles. The van der Waals surface area contributed by atoms with E-state index in [1.165, 1.54) is 24.3 Å². The minimum Gasteiger partial charge on any atom is -0.475 e. The van der Waals surface area contributed by atoms with Crippen LogP contribution in [-0.2, 0) is 14.8 Å². The van der Waals surface area contributed by atoms with Crippen LogP contribution in [0.5, 0.6) is 0 Å². The Hall–Kier alpha value is -4.31. The molecule has 0 saturated heterocycles. The number of hydrogen-bond donors (Lipinski definition) is 4. The molecule has 0 bridgehead atoms. The number of aromatic nitrogens is 4. The lowest BCUT2D eigenvalue weighted by molar-refractivity contribution is -0.192. The van der Waals surface area contributed by atoms with Crippen LogP contribution in [0.4, 0.5) is 40.7 Å². The van der Waals surface area contributed by atoms with E-state index in [9.17, 15) is 26.0 Å². The lowest BCUT2D eigenvalue weighted by Crippen LogP contribution is -2.21. The summed E-state index contributed by atoms with van der Waals surface area (Å²) in [6, 6.07) is 11.4. The average molecular weight is 541 g/mol. The van der Waals surface area contributed by atoms with Crippen LogP contribution in [0.25, 0.3) is 10.9 Å². The number of alkyl halides is 3. The lowest BCUT2D eigenvalue weighted by Gasteiger charge is -2.23. The van der Waals surface area contributed by atoms with Crippen LogP contribution < -0.4 is 15.4 Å². The lowest BCUT2D eigenvalue weighted by atomic mass is 10.2. The average Bonchev–Trinajstić information content (AvgIpc) is 3.31. The second-order valence-corrected chi connectivity index (χ2v) is 8.78. The van der Waals surface area contributed by atoms with E-state index in [-0.39, 0.29) is 16.7 Å². The van der Waals surface area contributed by atoms with Crippen LogP contribution >= 0.6 is 0 Å². The number of sulfonamides is 1. The van der Waals surface area contributed by atoms with Crippen molar-refractivity contribution < 1.29 is 35.9 Å². The summed E-state index contributed by atoms with van der Waals surface area (Å²) >= 11 is 0. The summed E-state index contributed by atoms with van der Waals surface area (Å²) in [4.78, 5) is 18.9. The van der Waals surface area contributed by atoms with Crippen LogP contribution in [0.3, 0.4) is 0 Å². The quantitative estimate of drug-likeness (QED) is 0.266. The number of fused-ring (bicyclic) bond motifs is 1. The van der Waals surface area contributed by atoms with Crippen LogP contribution in [0.15, 0.2) is 59.8 Å². The molecule has 2 heterocycles. The molecule has 0 aliphatic carbocycles. The van der Waals surface area contributed by atoms with Gasteiger partial charge in [0, 0.05) is 17.6 Å². The predicted octanol–water partition coefficient (Wildman–Crippen LogP) is 3.67. The zero-order valence-electron chi connectivity index (χ0n) is 18.9. The first-order valence-corrected chi connectivity index (χ1v) is 11.8. The fraction of sp³-hybridized carbons (Fsp3) is 0.143. The van der Waals surface area contributed by atoms with Gasteiger partial charge in [-0.3, -0.25) is 5.10 Å². The van der Waals surface area contributed by atoms with Crippen LogP contribution in [-0.4, -0.2) is 52.4 Å². The van der Waals surface area contributed by atoms with Crippen molar-refractivity contribution in [1.29, 1.82) is 0 Å². The molecule has 5 N–H and O–H groups in total. The van der Waals surface area contributed by atoms with Gasteiger partial charge < -0.3 is 15.3 Å². The maximum Gasteiger partial charge on any atom is 0.490 e. The number of anilines is 4. The van der Waals surface area contributed by atoms with Gasteiger partial charge >= 0.3 is 12.1 Å². The van der Waals surface area contributed by atoms with E-state index in [0.717, 1.165) is 22.8 Å². The minimum atomic E-state index is -5.08. The largest absolute Gasteiger partial charge is 0.490 e. The summed E-state index contributed by atoms with van der Waals surface area (Å²) in [6.45, 7) is 2.35. The number of nitrogens with zero attached hydrogens (tertiary/aromatic N) is 4. The van der Waals surface area contributed by atoms with Gasteiger partial charge in [-0.05, 0) is 43.3 Å². The Morgan fingerprint density at radius 2 is 1.81 bits per heavy atom. The molecule has 0 aliphatic rings. The van der Waals surface area contributed by atoms with E-state index in [1.807, 2.05) is 25.1 Å². The molecule has 0 radical (unpaired) electrons. The molecular formula is C21H19F4N7O4S. The van der Waals surface area contributed by atoms with E-state index in [1.54, 1.807) is 11.1 Å². The first-order valence-electron chi connectivity index (χ1n) is 10.2. The third kappa shape index (κ3) is 6.68. The number of carboxylic acid groups (broad SMARTS) is 1. The van der Waals surface area contributed by atoms with Gasteiger partial charge in [-0.15, -0.1) is 0 Å². The smallest absolute Gasteiger partial charge is 0.475 e. The molecular weight excluding hydrogens is 522 g/mol. The van der Waals surface area contributed by atoms with Crippen molar-refractivity contribution in [1.82, 2.24) is 20.2 Å². The monoisotopic (exact) mass is 541 g/mol. The first-order chi connectivity index (χ1) is 17.3. The van der Waals surface area contributed by atoms with E-state index >= 15 is 0 Å². The van der Waals surface area contributed by atoms with Gasteiger partial charge in [0.15, 0.2) is 11.6 Å². The summed E-state index contributed by atoms with van der Waals surface area (Å²) in [5.74, 6) is -3.07. The second kappa shape index (κ2) is 10.8. The zero-order chi connectivity index (χ0) is 27.4. The van der Waals surface area contributed by atoms with Crippen molar-refractivity contribution in [2.45, 2.75) is 18.0 Å². The zero-order valence-corrected chi connectivity index (χ0v) is 19.7. The number of carbonyl (C=O) groups is 1. The van der Waals surface area contributed by atoms with E-state index < -0.39 is 28.0 Å². The Morgan fingerprint density at radius 1 is 1.16 bits per heavy atom. The highest BCUT2D eigenvalue weighted by molar-refractivity contribution is 7.89. The van der Waals surface area contributed by atoms with Crippen molar-refractivity contribution in [3.05, 3.63) is 60.7 Å². The maximum absolute atomic E-state index is 14.6. The fourth-order valence-electron chi connectivity index (χ4n) is 3.09. The van der Waals surface area contributed by atoms with Gasteiger partial charge in [-0.2, -0.15) is 23.3 Å². The highest BCUT2D eigenvalue weighted by Crippen LogP contribution is 2.32. The van der Waals surface area contributed by atoms with Crippen molar-refractivity contribution in [2.75, 3.05) is 16.8 Å². The molecule has 4 rings (SSSR count). The molecule has 2 aromatic carbocycles. The normalized spacial score (nSPS) is 11.5. The summed E-state index contributed by atoms with van der Waals surface area (Å²) < 4.78 is 69.1. The molecule has 0 amide bonds. The number of carboxylic acids is 1. The van der Waals surface area contributed by atoms with Crippen LogP contribution in [0, 0.1) is 5.82 Å². The third-order valence-electron chi connectivity index (χ3n) is 4.73. The molecule has 11 nitrogen and oxygen atoms in total. The number of hydrogen-bond acceptors (Lipinski definition) is 8. The van der Waals surface area contributed by atoms with Crippen molar-refractivity contribution in [3.8, 4) is 0 Å². The van der Waals surface area contributed by atoms with Crippen molar-refractivity contribution in [2.24, 2.45) is 5.14 Å². The molecule has 0 unspecified atom stereocenters. The molecule has 0 spiro atoms. The number of aromatic amines is 1. The molecule has 37 heavy (non-hydrogen) atoms. The standard InChI is InChI=1S/C19H18FN7O2S.C2HF3O2/c1-2-27(17-5-3-4-16-14(17)10-23-26-16)18-15(20)11-22-19(25-18)24-12-6-8-13(9-7-12)30(21,28)29;3-2(4,5)1(6)7/h3-11H,2H2,1H3,(H,23,26)(H2,21,28,29)(H,22,24,25);(H,6,7). The maximum atomic E-state index is 14.6. The first kappa shape index (κ1) is 27.3. The minimum absolute atomic E-state index is 0.0147. The number of nitrogens with one attached hydrogen (secondary N) is 2. The summed E-state index contributed by atoms with van der Waals surface area (Å²) in [5.41, 5.74) is 2.11. The van der Waals surface area contributed by atoms with E-state index in [2.05, 4.69) is 25.5 Å². The summed E-state index contributed by atoms with van der Waals surface area (Å²) in [5, 5.41) is 23.0. The van der Waals surface area contributed by atoms with Gasteiger partial charge in [0.2, 0.25) is 16.0 Å². The molecule has 4 aromatic rings. The van der Waals surface area contributed by atoms with Crippen LogP contribution in [0.2, 0.25) is 0 Å². The van der Waals surface area contributed by atoms with Crippen LogP contribution in [0.1, 0.15) is 6.92 Å². The number of rotatable bonds is 6. The van der Waals surface area contributed by atoms with Gasteiger partial charge in [0.25, 0.3) is 0 Å². The Labute approximate surface area is 207 Å². The molecule has 0 atom stereocenters. The number of primary sulfonamides is 1. The Balaban J connectivity index is 0.000000479. The molecule has 0 fully saturated rings. The summed E-state index contributed by atoms with van der Waals surface area (Å²) in [6.07, 6.45) is -2.32.